The zero-order chi connectivity index (χ0) is 14.6. The van der Waals surface area contributed by atoms with Gasteiger partial charge in [0.15, 0.2) is 0 Å². The van der Waals surface area contributed by atoms with Crippen molar-refractivity contribution in [3.05, 3.63) is 35.9 Å². The van der Waals surface area contributed by atoms with Crippen LogP contribution in [0.25, 0.3) is 0 Å². The Morgan fingerprint density at radius 3 is 2.00 bits per heavy atom. The highest BCUT2D eigenvalue weighted by atomic mass is 16.3. The number of rotatable bonds is 11. The summed E-state index contributed by atoms with van der Waals surface area (Å²) in [5, 5.41) is 10.3. The summed E-state index contributed by atoms with van der Waals surface area (Å²) < 4.78 is 0. The van der Waals surface area contributed by atoms with Gasteiger partial charge in [-0.2, -0.15) is 0 Å². The maximum absolute atomic E-state index is 10.3. The Labute approximate surface area is 125 Å². The average molecular weight is 276 g/mol. The Hall–Kier alpha value is -0.820. The maximum Gasteiger partial charge on any atom is 0.0815 e. The molecule has 0 aliphatic rings. The molecule has 0 spiro atoms. The minimum absolute atomic E-state index is 0.305. The van der Waals surface area contributed by atoms with Crippen LogP contribution in [0.15, 0.2) is 30.3 Å². The van der Waals surface area contributed by atoms with E-state index in [-0.39, 0.29) is 6.10 Å². The molecule has 1 N–H and O–H groups in total. The van der Waals surface area contributed by atoms with E-state index in [2.05, 4.69) is 13.8 Å². The smallest absolute Gasteiger partial charge is 0.0815 e. The molecule has 2 unspecified atom stereocenters. The van der Waals surface area contributed by atoms with Gasteiger partial charge >= 0.3 is 0 Å². The SMILES string of the molecule is CCCCCCCCCCC(C)C(O)c1ccccc1. The summed E-state index contributed by atoms with van der Waals surface area (Å²) in [7, 11) is 0. The van der Waals surface area contributed by atoms with E-state index >= 15 is 0 Å². The van der Waals surface area contributed by atoms with Crippen LogP contribution in [0.1, 0.15) is 83.3 Å². The van der Waals surface area contributed by atoms with Crippen LogP contribution in [0.2, 0.25) is 0 Å². The van der Waals surface area contributed by atoms with Crippen LogP contribution < -0.4 is 0 Å². The van der Waals surface area contributed by atoms with Gasteiger partial charge in [0.05, 0.1) is 6.10 Å². The molecular formula is C19H32O. The molecule has 1 aromatic rings. The molecule has 20 heavy (non-hydrogen) atoms. The van der Waals surface area contributed by atoms with E-state index in [9.17, 15) is 5.11 Å². The lowest BCUT2D eigenvalue weighted by Crippen LogP contribution is -2.09. The largest absolute Gasteiger partial charge is 0.388 e. The quantitative estimate of drug-likeness (QED) is 0.500. The van der Waals surface area contributed by atoms with Gasteiger partial charge in [-0.15, -0.1) is 0 Å². The van der Waals surface area contributed by atoms with Crippen molar-refractivity contribution in [1.29, 1.82) is 0 Å². The third-order valence-corrected chi connectivity index (χ3v) is 4.19. The van der Waals surface area contributed by atoms with Crippen molar-refractivity contribution in [3.63, 3.8) is 0 Å². The molecule has 1 heteroatoms. The van der Waals surface area contributed by atoms with Crippen LogP contribution in [0.3, 0.4) is 0 Å². The molecule has 1 aromatic carbocycles. The van der Waals surface area contributed by atoms with Gasteiger partial charge in [-0.1, -0.05) is 95.5 Å². The fraction of sp³-hybridized carbons (Fsp3) is 0.684. The molecule has 0 bridgehead atoms. The lowest BCUT2D eigenvalue weighted by atomic mass is 9.92. The summed E-state index contributed by atoms with van der Waals surface area (Å²) in [5.74, 6) is 0.359. The Balaban J connectivity index is 2.07. The van der Waals surface area contributed by atoms with Gasteiger partial charge in [-0.05, 0) is 17.9 Å². The van der Waals surface area contributed by atoms with Crippen molar-refractivity contribution in [2.75, 3.05) is 0 Å². The lowest BCUT2D eigenvalue weighted by Gasteiger charge is -2.19. The molecule has 0 saturated heterocycles. The van der Waals surface area contributed by atoms with Crippen molar-refractivity contribution in [2.45, 2.75) is 77.7 Å². The maximum atomic E-state index is 10.3. The van der Waals surface area contributed by atoms with E-state index in [0.717, 1.165) is 12.0 Å². The predicted octanol–water partition coefficient (Wildman–Crippen LogP) is 5.89. The molecule has 2 atom stereocenters. The highest BCUT2D eigenvalue weighted by Crippen LogP contribution is 2.26. The van der Waals surface area contributed by atoms with Crippen molar-refractivity contribution in [2.24, 2.45) is 5.92 Å². The van der Waals surface area contributed by atoms with Crippen molar-refractivity contribution in [3.8, 4) is 0 Å². The topological polar surface area (TPSA) is 20.2 Å². The van der Waals surface area contributed by atoms with E-state index in [4.69, 9.17) is 0 Å². The second-order valence-corrected chi connectivity index (χ2v) is 6.10. The van der Waals surface area contributed by atoms with E-state index in [1.165, 1.54) is 51.4 Å². The zero-order valence-electron chi connectivity index (χ0n) is 13.4. The molecule has 114 valence electrons. The predicted molar refractivity (Wildman–Crippen MR) is 87.8 cm³/mol. The highest BCUT2D eigenvalue weighted by molar-refractivity contribution is 5.17. The Morgan fingerprint density at radius 1 is 0.850 bits per heavy atom. The van der Waals surface area contributed by atoms with Crippen LogP contribution in [-0.2, 0) is 0 Å². The van der Waals surface area contributed by atoms with E-state index in [0.29, 0.717) is 5.92 Å². The first kappa shape index (κ1) is 17.2. The van der Waals surface area contributed by atoms with Gasteiger partial charge in [-0.25, -0.2) is 0 Å². The molecular weight excluding hydrogens is 244 g/mol. The van der Waals surface area contributed by atoms with Crippen LogP contribution in [0.4, 0.5) is 0 Å². The lowest BCUT2D eigenvalue weighted by molar-refractivity contribution is 0.111. The van der Waals surface area contributed by atoms with Crippen molar-refractivity contribution < 1.29 is 5.11 Å². The van der Waals surface area contributed by atoms with Crippen molar-refractivity contribution in [1.82, 2.24) is 0 Å². The third kappa shape index (κ3) is 7.09. The Morgan fingerprint density at radius 2 is 1.40 bits per heavy atom. The normalized spacial score (nSPS) is 14.2. The second-order valence-electron chi connectivity index (χ2n) is 6.10. The number of aliphatic hydroxyl groups is 1. The third-order valence-electron chi connectivity index (χ3n) is 4.19. The van der Waals surface area contributed by atoms with Crippen LogP contribution in [0, 0.1) is 5.92 Å². The second kappa shape index (κ2) is 10.9. The van der Waals surface area contributed by atoms with E-state index < -0.39 is 0 Å². The molecule has 0 aromatic heterocycles. The molecule has 0 aliphatic heterocycles. The summed E-state index contributed by atoms with van der Waals surface area (Å²) >= 11 is 0. The highest BCUT2D eigenvalue weighted by Gasteiger charge is 2.15. The number of hydrogen-bond donors (Lipinski definition) is 1. The van der Waals surface area contributed by atoms with E-state index in [1.54, 1.807) is 0 Å². The monoisotopic (exact) mass is 276 g/mol. The fourth-order valence-electron chi connectivity index (χ4n) is 2.74. The number of benzene rings is 1. The zero-order valence-corrected chi connectivity index (χ0v) is 13.4. The number of aliphatic hydroxyl groups excluding tert-OH is 1. The van der Waals surface area contributed by atoms with Gasteiger partial charge in [0.1, 0.15) is 0 Å². The average Bonchev–Trinajstić information content (AvgIpc) is 2.50. The van der Waals surface area contributed by atoms with Gasteiger partial charge in [0.2, 0.25) is 0 Å². The number of hydrogen-bond acceptors (Lipinski definition) is 1. The van der Waals surface area contributed by atoms with Crippen LogP contribution in [0.5, 0.6) is 0 Å². The molecule has 0 aliphatic carbocycles. The van der Waals surface area contributed by atoms with Crippen LogP contribution in [-0.4, -0.2) is 5.11 Å². The number of unbranched alkanes of at least 4 members (excludes halogenated alkanes) is 7. The Kier molecular flexibility index (Phi) is 9.40. The first-order valence-electron chi connectivity index (χ1n) is 8.48. The first-order chi connectivity index (χ1) is 9.75. The van der Waals surface area contributed by atoms with Gasteiger partial charge in [0, 0.05) is 0 Å². The first-order valence-corrected chi connectivity index (χ1v) is 8.48. The molecule has 0 radical (unpaired) electrons. The van der Waals surface area contributed by atoms with Gasteiger partial charge < -0.3 is 5.11 Å². The van der Waals surface area contributed by atoms with E-state index in [1.807, 2.05) is 30.3 Å². The molecule has 1 rings (SSSR count). The summed E-state index contributed by atoms with van der Waals surface area (Å²) in [6.45, 7) is 4.43. The standard InChI is InChI=1S/C19H32O/c1-3-4-5-6-7-8-9-11-14-17(2)19(20)18-15-12-10-13-16-18/h10,12-13,15-17,19-20H,3-9,11,14H2,1-2H3. The van der Waals surface area contributed by atoms with Gasteiger partial charge in [-0.3, -0.25) is 0 Å². The fourth-order valence-corrected chi connectivity index (χ4v) is 2.74. The minimum Gasteiger partial charge on any atom is -0.388 e. The Bertz CT molecular complexity index is 320. The molecule has 0 fully saturated rings. The van der Waals surface area contributed by atoms with Crippen LogP contribution >= 0.6 is 0 Å². The summed E-state index contributed by atoms with van der Waals surface area (Å²) in [6, 6.07) is 10.0. The molecule has 1 nitrogen and oxygen atoms in total. The summed E-state index contributed by atoms with van der Waals surface area (Å²) in [4.78, 5) is 0. The van der Waals surface area contributed by atoms with Gasteiger partial charge in [0.25, 0.3) is 0 Å². The van der Waals surface area contributed by atoms with Crippen molar-refractivity contribution >= 4 is 0 Å². The summed E-state index contributed by atoms with van der Waals surface area (Å²) in [6.07, 6.45) is 11.7. The molecule has 0 amide bonds. The molecule has 0 saturated carbocycles. The molecule has 0 heterocycles. The minimum atomic E-state index is -0.305. The summed E-state index contributed by atoms with van der Waals surface area (Å²) in [5.41, 5.74) is 1.06.